The van der Waals surface area contributed by atoms with Crippen molar-refractivity contribution in [1.82, 2.24) is 9.62 Å². The number of methoxy groups -OCH3 is 1. The van der Waals surface area contributed by atoms with Gasteiger partial charge in [0.1, 0.15) is 0 Å². The van der Waals surface area contributed by atoms with E-state index in [-0.39, 0.29) is 24.0 Å². The summed E-state index contributed by atoms with van der Waals surface area (Å²) in [6.07, 6.45) is 0. The molecule has 2 aromatic rings. The van der Waals surface area contributed by atoms with E-state index in [9.17, 15) is 13.2 Å². The predicted molar refractivity (Wildman–Crippen MR) is 105 cm³/mol. The van der Waals surface area contributed by atoms with Gasteiger partial charge in [-0.1, -0.05) is 35.9 Å². The molecule has 0 radical (unpaired) electrons. The Morgan fingerprint density at radius 3 is 2.59 bits per heavy atom. The van der Waals surface area contributed by atoms with Gasteiger partial charge in [-0.3, -0.25) is 4.79 Å². The van der Waals surface area contributed by atoms with Gasteiger partial charge in [0.15, 0.2) is 0 Å². The molecule has 0 aromatic heterocycles. The first-order valence-electron chi connectivity index (χ1n) is 8.34. The molecule has 146 valence electrons. The summed E-state index contributed by atoms with van der Waals surface area (Å²) in [6, 6.07) is 11.8. The van der Waals surface area contributed by atoms with E-state index in [1.165, 1.54) is 24.1 Å². The highest BCUT2D eigenvalue weighted by Crippen LogP contribution is 2.20. The second kappa shape index (κ2) is 9.32. The maximum absolute atomic E-state index is 12.9. The summed E-state index contributed by atoms with van der Waals surface area (Å²) < 4.78 is 32.1. The van der Waals surface area contributed by atoms with Crippen molar-refractivity contribution in [2.75, 3.05) is 27.3 Å². The van der Waals surface area contributed by atoms with E-state index in [1.807, 2.05) is 18.2 Å². The summed E-state index contributed by atoms with van der Waals surface area (Å²) in [6.45, 7) is 2.51. The topological polar surface area (TPSA) is 75.7 Å². The summed E-state index contributed by atoms with van der Waals surface area (Å²) in [4.78, 5) is 14.4. The SMILES string of the molecule is COCCNS(=O)(=O)c1ccc(C)c(C(=O)N(C)Cc2ccccc2Cl)c1. The third-order valence-electron chi connectivity index (χ3n) is 4.06. The first-order chi connectivity index (χ1) is 12.8. The molecule has 0 aliphatic rings. The number of aryl methyl sites for hydroxylation is 1. The highest BCUT2D eigenvalue weighted by Gasteiger charge is 2.20. The molecule has 0 saturated heterocycles. The molecule has 0 aliphatic carbocycles. The van der Waals surface area contributed by atoms with Crippen LogP contribution in [0.1, 0.15) is 21.5 Å². The Balaban J connectivity index is 2.24. The average Bonchev–Trinajstić information content (AvgIpc) is 2.63. The van der Waals surface area contributed by atoms with Crippen LogP contribution in [0.5, 0.6) is 0 Å². The number of carbonyl (C=O) groups is 1. The first kappa shape index (κ1) is 21.4. The highest BCUT2D eigenvalue weighted by molar-refractivity contribution is 7.89. The molecular weight excluding hydrogens is 388 g/mol. The smallest absolute Gasteiger partial charge is 0.254 e. The third kappa shape index (κ3) is 5.52. The maximum atomic E-state index is 12.9. The van der Waals surface area contributed by atoms with Crippen LogP contribution in [0, 0.1) is 6.92 Å². The fourth-order valence-electron chi connectivity index (χ4n) is 2.52. The van der Waals surface area contributed by atoms with Crippen LogP contribution in [0.25, 0.3) is 0 Å². The third-order valence-corrected chi connectivity index (χ3v) is 5.89. The van der Waals surface area contributed by atoms with Crippen molar-refractivity contribution >= 4 is 27.5 Å². The number of sulfonamides is 1. The molecule has 0 aliphatic heterocycles. The van der Waals surface area contributed by atoms with Crippen molar-refractivity contribution < 1.29 is 17.9 Å². The highest BCUT2D eigenvalue weighted by atomic mass is 35.5. The van der Waals surface area contributed by atoms with Crippen LogP contribution in [0.2, 0.25) is 5.02 Å². The van der Waals surface area contributed by atoms with Gasteiger partial charge >= 0.3 is 0 Å². The van der Waals surface area contributed by atoms with Crippen molar-refractivity contribution in [3.05, 3.63) is 64.2 Å². The first-order valence-corrected chi connectivity index (χ1v) is 10.2. The molecule has 8 heteroatoms. The predicted octanol–water partition coefficient (Wildman–Crippen LogP) is 2.85. The van der Waals surface area contributed by atoms with Crippen LogP contribution >= 0.6 is 11.6 Å². The number of hydrogen-bond acceptors (Lipinski definition) is 4. The van der Waals surface area contributed by atoms with E-state index in [0.717, 1.165) is 5.56 Å². The molecule has 2 aromatic carbocycles. The minimum Gasteiger partial charge on any atom is -0.383 e. The number of ether oxygens (including phenoxy) is 1. The van der Waals surface area contributed by atoms with Gasteiger partial charge in [0, 0.05) is 37.8 Å². The van der Waals surface area contributed by atoms with Crippen molar-refractivity contribution in [3.63, 3.8) is 0 Å². The lowest BCUT2D eigenvalue weighted by atomic mass is 10.1. The number of amides is 1. The van der Waals surface area contributed by atoms with Crippen LogP contribution < -0.4 is 4.72 Å². The van der Waals surface area contributed by atoms with E-state index in [1.54, 1.807) is 26.1 Å². The number of nitrogens with zero attached hydrogens (tertiary/aromatic N) is 1. The summed E-state index contributed by atoms with van der Waals surface area (Å²) >= 11 is 6.16. The molecule has 0 heterocycles. The van der Waals surface area contributed by atoms with Gasteiger partial charge in [-0.15, -0.1) is 0 Å². The van der Waals surface area contributed by atoms with Crippen LogP contribution in [0.3, 0.4) is 0 Å². The monoisotopic (exact) mass is 410 g/mol. The van der Waals surface area contributed by atoms with Crippen LogP contribution in [-0.4, -0.2) is 46.5 Å². The van der Waals surface area contributed by atoms with E-state index in [0.29, 0.717) is 22.7 Å². The van der Waals surface area contributed by atoms with Crippen LogP contribution in [0.15, 0.2) is 47.4 Å². The van der Waals surface area contributed by atoms with Gasteiger partial charge in [0.05, 0.1) is 11.5 Å². The molecular formula is C19H23ClN2O4S. The lowest BCUT2D eigenvalue weighted by Crippen LogP contribution is -2.29. The van der Waals surface area contributed by atoms with Gasteiger partial charge in [-0.05, 0) is 36.2 Å². The number of nitrogens with one attached hydrogen (secondary N) is 1. The Bertz CT molecular complexity index is 916. The maximum Gasteiger partial charge on any atom is 0.254 e. The van der Waals surface area contributed by atoms with Crippen LogP contribution in [-0.2, 0) is 21.3 Å². The van der Waals surface area contributed by atoms with Crippen LogP contribution in [0.4, 0.5) is 0 Å². The van der Waals surface area contributed by atoms with E-state index in [2.05, 4.69) is 4.72 Å². The molecule has 0 saturated carbocycles. The minimum absolute atomic E-state index is 0.0405. The molecule has 6 nitrogen and oxygen atoms in total. The van der Waals surface area contributed by atoms with Gasteiger partial charge in [-0.2, -0.15) is 0 Å². The van der Waals surface area contributed by atoms with Crippen molar-refractivity contribution in [2.45, 2.75) is 18.4 Å². The zero-order valence-electron chi connectivity index (χ0n) is 15.5. The lowest BCUT2D eigenvalue weighted by Gasteiger charge is -2.20. The fourth-order valence-corrected chi connectivity index (χ4v) is 3.75. The second-order valence-corrected chi connectivity index (χ2v) is 8.29. The van der Waals surface area contributed by atoms with E-state index < -0.39 is 10.0 Å². The second-order valence-electron chi connectivity index (χ2n) is 6.12. The zero-order valence-corrected chi connectivity index (χ0v) is 17.1. The molecule has 2 rings (SSSR count). The summed E-state index contributed by atoms with van der Waals surface area (Å²) in [5, 5.41) is 0.576. The molecule has 0 fully saturated rings. The Hall–Kier alpha value is -1.93. The normalized spacial score (nSPS) is 11.4. The summed E-state index contributed by atoms with van der Waals surface area (Å²) in [5.74, 6) is -0.277. The Labute approximate surface area is 165 Å². The zero-order chi connectivity index (χ0) is 20.0. The van der Waals surface area contributed by atoms with Gasteiger partial charge in [0.2, 0.25) is 10.0 Å². The molecule has 0 spiro atoms. The van der Waals surface area contributed by atoms with E-state index >= 15 is 0 Å². The average molecular weight is 411 g/mol. The van der Waals surface area contributed by atoms with Crippen molar-refractivity contribution in [2.24, 2.45) is 0 Å². The van der Waals surface area contributed by atoms with Crippen molar-refractivity contribution in [1.29, 1.82) is 0 Å². The Morgan fingerprint density at radius 2 is 1.93 bits per heavy atom. The molecule has 1 N–H and O–H groups in total. The standard InChI is InChI=1S/C19H23ClN2O4S/c1-14-8-9-16(27(24,25)21-10-11-26-3)12-17(14)19(23)22(2)13-15-6-4-5-7-18(15)20/h4-9,12,21H,10-11,13H2,1-3H3. The molecule has 0 unspecified atom stereocenters. The Kier molecular flexibility index (Phi) is 7.38. The van der Waals surface area contributed by atoms with Gasteiger partial charge < -0.3 is 9.64 Å². The molecule has 27 heavy (non-hydrogen) atoms. The van der Waals surface area contributed by atoms with Gasteiger partial charge in [0.25, 0.3) is 5.91 Å². The lowest BCUT2D eigenvalue weighted by molar-refractivity contribution is 0.0784. The quantitative estimate of drug-likeness (QED) is 0.679. The largest absolute Gasteiger partial charge is 0.383 e. The van der Waals surface area contributed by atoms with Crippen molar-refractivity contribution in [3.8, 4) is 0 Å². The summed E-state index contributed by atoms with van der Waals surface area (Å²) in [7, 11) is -0.571. The fraction of sp³-hybridized carbons (Fsp3) is 0.316. The number of halogens is 1. The number of rotatable bonds is 8. The molecule has 0 bridgehead atoms. The minimum atomic E-state index is -3.72. The number of hydrogen-bond donors (Lipinski definition) is 1. The van der Waals surface area contributed by atoms with E-state index in [4.69, 9.17) is 16.3 Å². The molecule has 0 atom stereocenters. The molecule has 1 amide bonds. The number of benzene rings is 2. The summed E-state index contributed by atoms with van der Waals surface area (Å²) in [5.41, 5.74) is 1.85. The Morgan fingerprint density at radius 1 is 1.22 bits per heavy atom. The number of carbonyl (C=O) groups excluding carboxylic acids is 1. The van der Waals surface area contributed by atoms with Gasteiger partial charge in [-0.25, -0.2) is 13.1 Å².